The highest BCUT2D eigenvalue weighted by Crippen LogP contribution is 2.27. The molecule has 0 amide bonds. The minimum Gasteiger partial charge on any atom is -0.465 e. The zero-order chi connectivity index (χ0) is 17.5. The lowest BCUT2D eigenvalue weighted by atomic mass is 10.3. The number of esters is 1. The van der Waals surface area contributed by atoms with Crippen LogP contribution in [-0.2, 0) is 4.74 Å². The van der Waals surface area contributed by atoms with E-state index in [9.17, 15) is 4.79 Å². The third-order valence-electron chi connectivity index (χ3n) is 3.00. The van der Waals surface area contributed by atoms with Gasteiger partial charge in [-0.15, -0.1) is 23.1 Å². The van der Waals surface area contributed by atoms with E-state index in [1.165, 1.54) is 18.4 Å². The van der Waals surface area contributed by atoms with Crippen molar-refractivity contribution in [2.45, 2.75) is 11.8 Å². The number of anilines is 1. The Morgan fingerprint density at radius 3 is 2.75 bits per heavy atom. The molecule has 0 unspecified atom stereocenters. The van der Waals surface area contributed by atoms with Gasteiger partial charge in [0.1, 0.15) is 4.88 Å². The minimum atomic E-state index is -0.330. The van der Waals surface area contributed by atoms with Gasteiger partial charge in [-0.2, -0.15) is 0 Å². The summed E-state index contributed by atoms with van der Waals surface area (Å²) in [5.74, 6) is 0.546. The maximum absolute atomic E-state index is 11.6. The molecule has 0 saturated carbocycles. The number of thiocarbonyl (C=S) groups is 1. The van der Waals surface area contributed by atoms with Crippen molar-refractivity contribution in [3.05, 3.63) is 45.8 Å². The topological polar surface area (TPSA) is 50.4 Å². The number of methoxy groups -OCH3 is 1. The van der Waals surface area contributed by atoms with Crippen molar-refractivity contribution in [2.24, 2.45) is 0 Å². The molecule has 0 spiro atoms. The number of carbonyl (C=O) groups excluding carboxylic acids is 1. The largest absolute Gasteiger partial charge is 0.465 e. The van der Waals surface area contributed by atoms with Gasteiger partial charge in [0, 0.05) is 22.2 Å². The Labute approximate surface area is 159 Å². The summed E-state index contributed by atoms with van der Waals surface area (Å²) in [7, 11) is 1.37. The average Bonchev–Trinajstić information content (AvgIpc) is 2.92. The van der Waals surface area contributed by atoms with E-state index in [0.29, 0.717) is 9.99 Å². The van der Waals surface area contributed by atoms with Gasteiger partial charge in [0.2, 0.25) is 0 Å². The zero-order valence-electron chi connectivity index (χ0n) is 13.2. The maximum Gasteiger partial charge on any atom is 0.348 e. The second-order valence-corrected chi connectivity index (χ2v) is 7.86. The second kappa shape index (κ2) is 9.27. The lowest BCUT2D eigenvalue weighted by molar-refractivity contribution is 0.0605. The lowest BCUT2D eigenvalue weighted by Crippen LogP contribution is -2.29. The van der Waals surface area contributed by atoms with Crippen molar-refractivity contribution in [1.82, 2.24) is 5.32 Å². The van der Waals surface area contributed by atoms with Gasteiger partial charge in [-0.05, 0) is 55.0 Å². The van der Waals surface area contributed by atoms with Crippen LogP contribution in [0.1, 0.15) is 15.2 Å². The number of hydrogen-bond acceptors (Lipinski definition) is 5. The predicted octanol–water partition coefficient (Wildman–Crippen LogP) is 4.58. The fourth-order valence-electron chi connectivity index (χ4n) is 1.86. The normalized spacial score (nSPS) is 10.3. The SMILES string of the molecule is COC(=O)c1sc(NC(=S)NCCSc2ccc(Cl)cc2)cc1C. The number of ether oxygens (including phenoxy) is 1. The molecule has 2 N–H and O–H groups in total. The van der Waals surface area contributed by atoms with Crippen LogP contribution in [0.3, 0.4) is 0 Å². The van der Waals surface area contributed by atoms with Gasteiger partial charge in [-0.3, -0.25) is 0 Å². The summed E-state index contributed by atoms with van der Waals surface area (Å²) in [5.41, 5.74) is 0.871. The highest BCUT2D eigenvalue weighted by Gasteiger charge is 2.14. The number of carbonyl (C=O) groups is 1. The molecule has 1 heterocycles. The molecule has 128 valence electrons. The molecule has 0 aliphatic carbocycles. The fraction of sp³-hybridized carbons (Fsp3) is 0.250. The van der Waals surface area contributed by atoms with Crippen LogP contribution in [0.25, 0.3) is 0 Å². The summed E-state index contributed by atoms with van der Waals surface area (Å²) in [6.07, 6.45) is 0. The van der Waals surface area contributed by atoms with E-state index in [1.54, 1.807) is 11.8 Å². The number of hydrogen-bond donors (Lipinski definition) is 2. The smallest absolute Gasteiger partial charge is 0.348 e. The van der Waals surface area contributed by atoms with Crippen molar-refractivity contribution < 1.29 is 9.53 Å². The van der Waals surface area contributed by atoms with Crippen LogP contribution in [0.5, 0.6) is 0 Å². The number of thiophene rings is 1. The molecule has 4 nitrogen and oxygen atoms in total. The van der Waals surface area contributed by atoms with Crippen molar-refractivity contribution in [3.8, 4) is 0 Å². The molecule has 1 aromatic heterocycles. The molecule has 1 aromatic carbocycles. The van der Waals surface area contributed by atoms with E-state index < -0.39 is 0 Å². The Morgan fingerprint density at radius 1 is 1.38 bits per heavy atom. The third-order valence-corrected chi connectivity index (χ3v) is 5.64. The number of rotatable bonds is 6. The first-order valence-corrected chi connectivity index (χ1v) is 9.70. The van der Waals surface area contributed by atoms with E-state index in [4.69, 9.17) is 28.6 Å². The molecule has 0 aliphatic rings. The van der Waals surface area contributed by atoms with Gasteiger partial charge in [-0.25, -0.2) is 4.79 Å². The Hall–Kier alpha value is -1.28. The van der Waals surface area contributed by atoms with E-state index >= 15 is 0 Å². The standard InChI is InChI=1S/C16H17ClN2O2S3/c1-10-9-13(24-14(10)15(20)21-2)19-16(22)18-7-8-23-12-5-3-11(17)4-6-12/h3-6,9H,7-8H2,1-2H3,(H2,18,19,22). The molecule has 0 radical (unpaired) electrons. The Morgan fingerprint density at radius 2 is 2.08 bits per heavy atom. The third kappa shape index (κ3) is 5.66. The first-order chi connectivity index (χ1) is 11.5. The van der Waals surface area contributed by atoms with Gasteiger partial charge < -0.3 is 15.4 Å². The molecule has 2 rings (SSSR count). The number of halogens is 1. The van der Waals surface area contributed by atoms with Gasteiger partial charge in [0.15, 0.2) is 5.11 Å². The summed E-state index contributed by atoms with van der Waals surface area (Å²) < 4.78 is 4.75. The molecule has 0 aliphatic heterocycles. The second-order valence-electron chi connectivity index (χ2n) is 4.80. The molecule has 0 fully saturated rings. The van der Waals surface area contributed by atoms with E-state index in [2.05, 4.69) is 10.6 Å². The maximum atomic E-state index is 11.6. The van der Waals surface area contributed by atoms with Crippen LogP contribution in [0.15, 0.2) is 35.2 Å². The van der Waals surface area contributed by atoms with Crippen LogP contribution < -0.4 is 10.6 Å². The summed E-state index contributed by atoms with van der Waals surface area (Å²) >= 11 is 14.2. The molecule has 0 atom stereocenters. The molecule has 0 saturated heterocycles. The van der Waals surface area contributed by atoms with Crippen LogP contribution >= 0.6 is 46.9 Å². The fourth-order valence-corrected chi connectivity index (χ4v) is 4.03. The monoisotopic (exact) mass is 400 g/mol. The molecular formula is C16H17ClN2O2S3. The van der Waals surface area contributed by atoms with Gasteiger partial charge in [0.25, 0.3) is 0 Å². The summed E-state index contributed by atoms with van der Waals surface area (Å²) in [4.78, 5) is 13.3. The summed E-state index contributed by atoms with van der Waals surface area (Å²) in [6.45, 7) is 2.60. The van der Waals surface area contributed by atoms with Crippen molar-refractivity contribution in [2.75, 3.05) is 24.7 Å². The Balaban J connectivity index is 1.75. The molecule has 8 heteroatoms. The van der Waals surface area contributed by atoms with Crippen molar-refractivity contribution >= 4 is 63.0 Å². The van der Waals surface area contributed by atoms with Crippen LogP contribution in [0, 0.1) is 6.92 Å². The van der Waals surface area contributed by atoms with Crippen LogP contribution in [-0.4, -0.2) is 30.5 Å². The Bertz CT molecular complexity index is 717. The van der Waals surface area contributed by atoms with Crippen molar-refractivity contribution in [1.29, 1.82) is 0 Å². The molecule has 24 heavy (non-hydrogen) atoms. The van der Waals surface area contributed by atoms with E-state index in [-0.39, 0.29) is 5.97 Å². The highest BCUT2D eigenvalue weighted by atomic mass is 35.5. The summed E-state index contributed by atoms with van der Waals surface area (Å²) in [5, 5.41) is 8.33. The number of thioether (sulfide) groups is 1. The summed E-state index contributed by atoms with van der Waals surface area (Å²) in [6, 6.07) is 9.62. The first kappa shape index (κ1) is 19.1. The van der Waals surface area contributed by atoms with Gasteiger partial charge in [0.05, 0.1) is 12.1 Å². The molecule has 2 aromatic rings. The Kier molecular flexibility index (Phi) is 7.36. The quantitative estimate of drug-likeness (QED) is 0.320. The number of nitrogens with one attached hydrogen (secondary N) is 2. The lowest BCUT2D eigenvalue weighted by Gasteiger charge is -2.08. The molecular weight excluding hydrogens is 384 g/mol. The average molecular weight is 401 g/mol. The predicted molar refractivity (Wildman–Crippen MR) is 107 cm³/mol. The zero-order valence-corrected chi connectivity index (χ0v) is 16.4. The van der Waals surface area contributed by atoms with Crippen molar-refractivity contribution in [3.63, 3.8) is 0 Å². The van der Waals surface area contributed by atoms with E-state index in [0.717, 1.165) is 32.8 Å². The number of benzene rings is 1. The van der Waals surface area contributed by atoms with Gasteiger partial charge in [-0.1, -0.05) is 11.6 Å². The highest BCUT2D eigenvalue weighted by molar-refractivity contribution is 7.99. The number of aryl methyl sites for hydroxylation is 1. The van der Waals surface area contributed by atoms with Crippen LogP contribution in [0.4, 0.5) is 5.00 Å². The first-order valence-electron chi connectivity index (χ1n) is 7.11. The van der Waals surface area contributed by atoms with Gasteiger partial charge >= 0.3 is 5.97 Å². The molecule has 0 bridgehead atoms. The van der Waals surface area contributed by atoms with Crippen LogP contribution in [0.2, 0.25) is 5.02 Å². The van der Waals surface area contributed by atoms with E-state index in [1.807, 2.05) is 37.3 Å². The minimum absolute atomic E-state index is 0.330.